The fourth-order valence-electron chi connectivity index (χ4n) is 3.53. The number of carboxylic acids is 1. The average Bonchev–Trinajstić information content (AvgIpc) is 3.55. The SMILES string of the molecule is COC(=O)c1ccccc1CC[C@@H](SC(CC(=O)O)C1CC1)c1cccc(Br)c1. The van der Waals surface area contributed by atoms with Crippen LogP contribution < -0.4 is 0 Å². The number of hydrogen-bond donors (Lipinski definition) is 1. The van der Waals surface area contributed by atoms with E-state index in [9.17, 15) is 14.7 Å². The summed E-state index contributed by atoms with van der Waals surface area (Å²) in [5, 5.41) is 9.62. The molecule has 1 N–H and O–H groups in total. The molecule has 0 spiro atoms. The number of thioether (sulfide) groups is 1. The molecule has 2 aromatic rings. The minimum Gasteiger partial charge on any atom is -0.481 e. The number of halogens is 1. The summed E-state index contributed by atoms with van der Waals surface area (Å²) in [4.78, 5) is 23.5. The molecule has 3 rings (SSSR count). The van der Waals surface area contributed by atoms with E-state index in [1.807, 2.05) is 30.3 Å². The monoisotopic (exact) mass is 476 g/mol. The standard InChI is InChI=1S/C23H25BrO4S/c1-28-23(27)19-8-3-2-5-15(19)11-12-20(17-6-4-7-18(24)13-17)29-21(14-22(25)26)16-9-10-16/h2-8,13,16,20-21H,9-12,14H2,1H3,(H,25,26)/t20-,21?/m1/s1. The minimum atomic E-state index is -0.738. The second-order valence-electron chi connectivity index (χ2n) is 7.34. The van der Waals surface area contributed by atoms with Crippen LogP contribution in [0.25, 0.3) is 0 Å². The van der Waals surface area contributed by atoms with Crippen LogP contribution in [0.2, 0.25) is 0 Å². The van der Waals surface area contributed by atoms with Crippen LogP contribution in [0.5, 0.6) is 0 Å². The molecule has 0 heterocycles. The van der Waals surface area contributed by atoms with Crippen LogP contribution in [0.1, 0.15) is 52.4 Å². The molecular weight excluding hydrogens is 452 g/mol. The molecule has 0 saturated heterocycles. The molecule has 4 nitrogen and oxygen atoms in total. The van der Waals surface area contributed by atoms with Crippen molar-refractivity contribution in [3.8, 4) is 0 Å². The molecule has 1 aliphatic carbocycles. The molecule has 0 aromatic heterocycles. The molecule has 2 atom stereocenters. The van der Waals surface area contributed by atoms with E-state index < -0.39 is 5.97 Å². The Morgan fingerprint density at radius 1 is 1.21 bits per heavy atom. The number of aliphatic carboxylic acids is 1. The number of ether oxygens (including phenoxy) is 1. The van der Waals surface area contributed by atoms with E-state index in [0.29, 0.717) is 11.5 Å². The number of aryl methyl sites for hydroxylation is 1. The quantitative estimate of drug-likeness (QED) is 0.432. The first kappa shape index (κ1) is 21.9. The third-order valence-corrected chi connectivity index (χ3v) is 7.41. The largest absolute Gasteiger partial charge is 0.481 e. The van der Waals surface area contributed by atoms with Crippen molar-refractivity contribution >= 4 is 39.6 Å². The first-order chi connectivity index (χ1) is 14.0. The number of rotatable bonds is 10. The summed E-state index contributed by atoms with van der Waals surface area (Å²) in [7, 11) is 1.39. The van der Waals surface area contributed by atoms with E-state index in [1.54, 1.807) is 17.8 Å². The smallest absolute Gasteiger partial charge is 0.338 e. The maximum Gasteiger partial charge on any atom is 0.338 e. The predicted octanol–water partition coefficient (Wildman–Crippen LogP) is 5.90. The van der Waals surface area contributed by atoms with Crippen molar-refractivity contribution in [2.45, 2.75) is 42.6 Å². The van der Waals surface area contributed by atoms with Crippen LogP contribution >= 0.6 is 27.7 Å². The first-order valence-corrected chi connectivity index (χ1v) is 11.5. The molecule has 6 heteroatoms. The lowest BCUT2D eigenvalue weighted by atomic mass is 9.99. The number of carbonyl (C=O) groups excluding carboxylic acids is 1. The normalized spacial score (nSPS) is 15.5. The Balaban J connectivity index is 1.80. The maximum absolute atomic E-state index is 12.1. The fraction of sp³-hybridized carbons (Fsp3) is 0.391. The van der Waals surface area contributed by atoms with Crippen molar-refractivity contribution in [2.24, 2.45) is 5.92 Å². The molecule has 1 saturated carbocycles. The van der Waals surface area contributed by atoms with Gasteiger partial charge in [0, 0.05) is 15.0 Å². The van der Waals surface area contributed by atoms with Crippen LogP contribution in [0.4, 0.5) is 0 Å². The second kappa shape index (κ2) is 10.3. The molecule has 1 aliphatic rings. The number of benzene rings is 2. The molecule has 2 aromatic carbocycles. The van der Waals surface area contributed by atoms with Gasteiger partial charge in [-0.2, -0.15) is 0 Å². The van der Waals surface area contributed by atoms with E-state index in [2.05, 4.69) is 28.1 Å². The zero-order chi connectivity index (χ0) is 20.8. The lowest BCUT2D eigenvalue weighted by Gasteiger charge is -2.23. The molecule has 1 unspecified atom stereocenters. The molecule has 0 radical (unpaired) electrons. The lowest BCUT2D eigenvalue weighted by molar-refractivity contribution is -0.137. The Morgan fingerprint density at radius 2 is 1.97 bits per heavy atom. The Labute approximate surface area is 184 Å². The van der Waals surface area contributed by atoms with E-state index in [0.717, 1.165) is 35.7 Å². The van der Waals surface area contributed by atoms with Gasteiger partial charge in [0.05, 0.1) is 19.1 Å². The number of carboxylic acid groups (broad SMARTS) is 1. The van der Waals surface area contributed by atoms with Gasteiger partial charge in [-0.1, -0.05) is 46.3 Å². The average molecular weight is 477 g/mol. The van der Waals surface area contributed by atoms with Crippen molar-refractivity contribution in [1.29, 1.82) is 0 Å². The molecule has 0 bridgehead atoms. The molecular formula is C23H25BrO4S. The molecule has 29 heavy (non-hydrogen) atoms. The second-order valence-corrected chi connectivity index (χ2v) is 9.70. The van der Waals surface area contributed by atoms with Crippen LogP contribution in [0.15, 0.2) is 53.0 Å². The predicted molar refractivity (Wildman–Crippen MR) is 119 cm³/mol. The third kappa shape index (κ3) is 6.34. The summed E-state index contributed by atoms with van der Waals surface area (Å²) in [5.41, 5.74) is 2.73. The van der Waals surface area contributed by atoms with Gasteiger partial charge < -0.3 is 9.84 Å². The minimum absolute atomic E-state index is 0.118. The van der Waals surface area contributed by atoms with Crippen LogP contribution in [0.3, 0.4) is 0 Å². The molecule has 1 fully saturated rings. The van der Waals surface area contributed by atoms with Gasteiger partial charge in [0.25, 0.3) is 0 Å². The zero-order valence-electron chi connectivity index (χ0n) is 16.3. The fourth-order valence-corrected chi connectivity index (χ4v) is 5.66. The Kier molecular flexibility index (Phi) is 7.78. The summed E-state index contributed by atoms with van der Waals surface area (Å²) < 4.78 is 5.93. The highest BCUT2D eigenvalue weighted by atomic mass is 79.9. The summed E-state index contributed by atoms with van der Waals surface area (Å²) in [6.45, 7) is 0. The summed E-state index contributed by atoms with van der Waals surface area (Å²) in [6, 6.07) is 15.7. The van der Waals surface area contributed by atoms with E-state index in [1.165, 1.54) is 12.7 Å². The highest BCUT2D eigenvalue weighted by Gasteiger charge is 2.35. The van der Waals surface area contributed by atoms with Crippen molar-refractivity contribution in [3.63, 3.8) is 0 Å². The highest BCUT2D eigenvalue weighted by molar-refractivity contribution is 9.10. The van der Waals surface area contributed by atoms with Gasteiger partial charge in [-0.25, -0.2) is 4.79 Å². The van der Waals surface area contributed by atoms with Crippen molar-refractivity contribution in [3.05, 3.63) is 69.7 Å². The number of esters is 1. The van der Waals surface area contributed by atoms with E-state index in [4.69, 9.17) is 4.74 Å². The summed E-state index contributed by atoms with van der Waals surface area (Å²) >= 11 is 5.32. The zero-order valence-corrected chi connectivity index (χ0v) is 18.7. The Morgan fingerprint density at radius 3 is 2.62 bits per heavy atom. The van der Waals surface area contributed by atoms with Crippen molar-refractivity contribution in [2.75, 3.05) is 7.11 Å². The van der Waals surface area contributed by atoms with Crippen molar-refractivity contribution in [1.82, 2.24) is 0 Å². The van der Waals surface area contributed by atoms with Crippen LogP contribution in [0, 0.1) is 5.92 Å². The van der Waals surface area contributed by atoms with Gasteiger partial charge in [-0.15, -0.1) is 11.8 Å². The molecule has 0 amide bonds. The van der Waals surface area contributed by atoms with Gasteiger partial charge in [0.2, 0.25) is 0 Å². The van der Waals surface area contributed by atoms with Crippen LogP contribution in [-0.4, -0.2) is 29.4 Å². The van der Waals surface area contributed by atoms with E-state index in [-0.39, 0.29) is 22.9 Å². The highest BCUT2D eigenvalue weighted by Crippen LogP contribution is 2.47. The van der Waals surface area contributed by atoms with Gasteiger partial charge in [-0.05, 0) is 60.9 Å². The molecule has 0 aliphatic heterocycles. The summed E-state index contributed by atoms with van der Waals surface area (Å²) in [6.07, 6.45) is 3.96. The van der Waals surface area contributed by atoms with E-state index >= 15 is 0 Å². The number of methoxy groups -OCH3 is 1. The van der Waals surface area contributed by atoms with Crippen molar-refractivity contribution < 1.29 is 19.4 Å². The van der Waals surface area contributed by atoms with Gasteiger partial charge in [-0.3, -0.25) is 4.79 Å². The topological polar surface area (TPSA) is 63.6 Å². The third-order valence-electron chi connectivity index (χ3n) is 5.18. The maximum atomic E-state index is 12.1. The Hall–Kier alpha value is -1.79. The van der Waals surface area contributed by atoms with Gasteiger partial charge in [0.1, 0.15) is 0 Å². The summed E-state index contributed by atoms with van der Waals surface area (Å²) in [5.74, 6) is -0.569. The van der Waals surface area contributed by atoms with Gasteiger partial charge >= 0.3 is 11.9 Å². The van der Waals surface area contributed by atoms with Crippen LogP contribution in [-0.2, 0) is 16.0 Å². The van der Waals surface area contributed by atoms with Gasteiger partial charge in [0.15, 0.2) is 0 Å². The number of hydrogen-bond acceptors (Lipinski definition) is 4. The Bertz CT molecular complexity index is 865. The number of carbonyl (C=O) groups is 2. The first-order valence-electron chi connectivity index (χ1n) is 9.77. The molecule has 154 valence electrons. The lowest BCUT2D eigenvalue weighted by Crippen LogP contribution is -2.15.